The van der Waals surface area contributed by atoms with Crippen LogP contribution in [0.2, 0.25) is 0 Å². The standard InChI is InChI=1S/C14H17BrFN5/c1-8-4-5-21(7-12(8)17)14-18-13(19-20-14)9-2-3-11(16)10(15)6-9/h2-3,6,8,12H,4-5,7,17H2,1H3,(H,18,19,20). The largest absolute Gasteiger partial charge is 0.338 e. The lowest BCUT2D eigenvalue weighted by Gasteiger charge is -2.34. The summed E-state index contributed by atoms with van der Waals surface area (Å²) in [5, 5.41) is 7.16. The van der Waals surface area contributed by atoms with E-state index in [9.17, 15) is 4.39 Å². The molecule has 7 heteroatoms. The van der Waals surface area contributed by atoms with Crippen LogP contribution in [-0.4, -0.2) is 34.3 Å². The Morgan fingerprint density at radius 2 is 2.29 bits per heavy atom. The Balaban J connectivity index is 1.81. The second-order valence-electron chi connectivity index (χ2n) is 5.49. The smallest absolute Gasteiger partial charge is 0.245 e. The highest BCUT2D eigenvalue weighted by atomic mass is 79.9. The van der Waals surface area contributed by atoms with Gasteiger partial charge in [0, 0.05) is 24.7 Å². The van der Waals surface area contributed by atoms with Crippen LogP contribution in [0.15, 0.2) is 22.7 Å². The molecule has 0 spiro atoms. The van der Waals surface area contributed by atoms with E-state index in [-0.39, 0.29) is 11.9 Å². The van der Waals surface area contributed by atoms with Crippen molar-refractivity contribution in [2.24, 2.45) is 11.7 Å². The normalized spacial score (nSPS) is 22.6. The molecule has 1 aliphatic rings. The number of H-pyrrole nitrogens is 1. The highest BCUT2D eigenvalue weighted by molar-refractivity contribution is 9.10. The predicted octanol–water partition coefficient (Wildman–Crippen LogP) is 2.55. The first-order valence-electron chi connectivity index (χ1n) is 6.93. The molecule has 112 valence electrons. The van der Waals surface area contributed by atoms with Crippen LogP contribution in [-0.2, 0) is 0 Å². The fraction of sp³-hybridized carbons (Fsp3) is 0.429. The molecular weight excluding hydrogens is 337 g/mol. The van der Waals surface area contributed by atoms with Crippen molar-refractivity contribution in [3.8, 4) is 11.4 Å². The number of hydrogen-bond acceptors (Lipinski definition) is 4. The molecule has 2 aromatic rings. The van der Waals surface area contributed by atoms with Gasteiger partial charge in [-0.1, -0.05) is 6.92 Å². The van der Waals surface area contributed by atoms with Gasteiger partial charge in [-0.05, 0) is 46.5 Å². The van der Waals surface area contributed by atoms with Crippen molar-refractivity contribution < 1.29 is 4.39 Å². The molecule has 5 nitrogen and oxygen atoms in total. The van der Waals surface area contributed by atoms with Crippen molar-refractivity contribution in [1.29, 1.82) is 0 Å². The third kappa shape index (κ3) is 2.94. The molecule has 1 saturated heterocycles. The monoisotopic (exact) mass is 353 g/mol. The molecule has 1 fully saturated rings. The third-order valence-electron chi connectivity index (χ3n) is 3.97. The Hall–Kier alpha value is -1.47. The summed E-state index contributed by atoms with van der Waals surface area (Å²) in [4.78, 5) is 6.58. The number of halogens is 2. The van der Waals surface area contributed by atoms with Gasteiger partial charge in [0.25, 0.3) is 0 Å². The summed E-state index contributed by atoms with van der Waals surface area (Å²) in [5.41, 5.74) is 6.89. The maximum Gasteiger partial charge on any atom is 0.245 e. The number of hydrogen-bond donors (Lipinski definition) is 2. The van der Waals surface area contributed by atoms with Gasteiger partial charge in [0.15, 0.2) is 5.82 Å². The average molecular weight is 354 g/mol. The van der Waals surface area contributed by atoms with E-state index in [1.54, 1.807) is 12.1 Å². The van der Waals surface area contributed by atoms with Gasteiger partial charge in [0.1, 0.15) is 5.82 Å². The Kier molecular flexibility index (Phi) is 3.95. The maximum absolute atomic E-state index is 13.3. The SMILES string of the molecule is CC1CCN(c2n[nH]c(-c3ccc(F)c(Br)c3)n2)CC1N. The minimum absolute atomic E-state index is 0.140. The minimum atomic E-state index is -0.297. The van der Waals surface area contributed by atoms with Gasteiger partial charge in [0.05, 0.1) is 4.47 Å². The van der Waals surface area contributed by atoms with Crippen molar-refractivity contribution in [2.45, 2.75) is 19.4 Å². The summed E-state index contributed by atoms with van der Waals surface area (Å²) < 4.78 is 13.7. The molecular formula is C14H17BrFN5. The lowest BCUT2D eigenvalue weighted by Crippen LogP contribution is -2.48. The summed E-state index contributed by atoms with van der Waals surface area (Å²) in [6.45, 7) is 3.83. The first kappa shape index (κ1) is 14.5. The summed E-state index contributed by atoms with van der Waals surface area (Å²) >= 11 is 3.18. The van der Waals surface area contributed by atoms with Crippen LogP contribution >= 0.6 is 15.9 Å². The number of aromatic nitrogens is 3. The molecule has 2 unspecified atom stereocenters. The Morgan fingerprint density at radius 3 is 3.00 bits per heavy atom. The lowest BCUT2D eigenvalue weighted by atomic mass is 9.95. The summed E-state index contributed by atoms with van der Waals surface area (Å²) in [6.07, 6.45) is 1.03. The van der Waals surface area contributed by atoms with Gasteiger partial charge in [-0.3, -0.25) is 5.10 Å². The van der Waals surface area contributed by atoms with E-state index in [4.69, 9.17) is 5.73 Å². The molecule has 2 atom stereocenters. The van der Waals surface area contributed by atoms with Crippen molar-refractivity contribution in [1.82, 2.24) is 15.2 Å². The number of rotatable bonds is 2. The van der Waals surface area contributed by atoms with Gasteiger partial charge in [-0.2, -0.15) is 4.98 Å². The molecule has 21 heavy (non-hydrogen) atoms. The third-order valence-corrected chi connectivity index (χ3v) is 4.57. The van der Waals surface area contributed by atoms with E-state index in [2.05, 4.69) is 42.9 Å². The van der Waals surface area contributed by atoms with E-state index >= 15 is 0 Å². The zero-order valence-corrected chi connectivity index (χ0v) is 13.3. The fourth-order valence-electron chi connectivity index (χ4n) is 2.45. The molecule has 0 amide bonds. The number of nitrogens with one attached hydrogen (secondary N) is 1. The Morgan fingerprint density at radius 1 is 1.48 bits per heavy atom. The quantitative estimate of drug-likeness (QED) is 0.870. The molecule has 1 aromatic carbocycles. The molecule has 2 heterocycles. The number of nitrogens with zero attached hydrogens (tertiary/aromatic N) is 3. The van der Waals surface area contributed by atoms with Crippen molar-refractivity contribution in [3.05, 3.63) is 28.5 Å². The molecule has 0 aliphatic carbocycles. The van der Waals surface area contributed by atoms with E-state index in [1.807, 2.05) is 0 Å². The number of aromatic amines is 1. The second kappa shape index (κ2) is 5.73. The van der Waals surface area contributed by atoms with Crippen molar-refractivity contribution in [2.75, 3.05) is 18.0 Å². The van der Waals surface area contributed by atoms with Gasteiger partial charge in [-0.15, -0.1) is 5.10 Å². The highest BCUT2D eigenvalue weighted by Gasteiger charge is 2.25. The average Bonchev–Trinajstić information content (AvgIpc) is 2.94. The number of nitrogens with two attached hydrogens (primary N) is 1. The molecule has 1 aromatic heterocycles. The lowest BCUT2D eigenvalue weighted by molar-refractivity contribution is 0.376. The van der Waals surface area contributed by atoms with Gasteiger partial charge in [0.2, 0.25) is 5.95 Å². The zero-order valence-electron chi connectivity index (χ0n) is 11.7. The summed E-state index contributed by atoms with van der Waals surface area (Å²) in [7, 11) is 0. The van der Waals surface area contributed by atoms with Crippen LogP contribution in [0, 0.1) is 11.7 Å². The summed E-state index contributed by atoms with van der Waals surface area (Å²) in [6, 6.07) is 4.90. The van der Waals surface area contributed by atoms with E-state index < -0.39 is 0 Å². The van der Waals surface area contributed by atoms with Gasteiger partial charge < -0.3 is 10.6 Å². The number of anilines is 1. The predicted molar refractivity (Wildman–Crippen MR) is 83.4 cm³/mol. The Labute approximate surface area is 130 Å². The van der Waals surface area contributed by atoms with Crippen LogP contribution in [0.5, 0.6) is 0 Å². The molecule has 0 radical (unpaired) electrons. The first-order valence-corrected chi connectivity index (χ1v) is 7.72. The van der Waals surface area contributed by atoms with Crippen molar-refractivity contribution >= 4 is 21.9 Å². The van der Waals surface area contributed by atoms with Crippen LogP contribution in [0.3, 0.4) is 0 Å². The van der Waals surface area contributed by atoms with E-state index in [0.29, 0.717) is 22.2 Å². The van der Waals surface area contributed by atoms with Crippen LogP contribution in [0.4, 0.5) is 10.3 Å². The number of benzene rings is 1. The fourth-order valence-corrected chi connectivity index (χ4v) is 2.83. The van der Waals surface area contributed by atoms with Crippen molar-refractivity contribution in [3.63, 3.8) is 0 Å². The maximum atomic E-state index is 13.3. The van der Waals surface area contributed by atoms with Gasteiger partial charge in [-0.25, -0.2) is 4.39 Å². The molecule has 3 rings (SSSR count). The second-order valence-corrected chi connectivity index (χ2v) is 6.34. The van der Waals surface area contributed by atoms with Crippen LogP contribution in [0.25, 0.3) is 11.4 Å². The summed E-state index contributed by atoms with van der Waals surface area (Å²) in [5.74, 6) is 1.49. The minimum Gasteiger partial charge on any atom is -0.338 e. The van der Waals surface area contributed by atoms with E-state index in [0.717, 1.165) is 25.1 Å². The number of piperidine rings is 1. The van der Waals surface area contributed by atoms with E-state index in [1.165, 1.54) is 6.07 Å². The van der Waals surface area contributed by atoms with Gasteiger partial charge >= 0.3 is 0 Å². The zero-order chi connectivity index (χ0) is 15.0. The molecule has 0 bridgehead atoms. The van der Waals surface area contributed by atoms with Crippen LogP contribution in [0.1, 0.15) is 13.3 Å². The molecule has 0 saturated carbocycles. The first-order chi connectivity index (χ1) is 10.0. The highest BCUT2D eigenvalue weighted by Crippen LogP contribution is 2.25. The molecule has 3 N–H and O–H groups in total. The topological polar surface area (TPSA) is 70.8 Å². The Bertz CT molecular complexity index is 644. The van der Waals surface area contributed by atoms with Crippen LogP contribution < -0.4 is 10.6 Å². The molecule has 1 aliphatic heterocycles.